The molecule has 2 aromatic rings. The van der Waals surface area contributed by atoms with Crippen molar-refractivity contribution in [3.05, 3.63) is 47.3 Å². The highest BCUT2D eigenvalue weighted by atomic mass is 35.5. The molecule has 130 valence electrons. The number of nitrogens with zero attached hydrogens (tertiary/aromatic N) is 1. The molecule has 1 aromatic carbocycles. The van der Waals surface area contributed by atoms with Crippen LogP contribution in [0.15, 0.2) is 46.0 Å². The van der Waals surface area contributed by atoms with Crippen LogP contribution >= 0.6 is 23.7 Å². The van der Waals surface area contributed by atoms with E-state index in [0.717, 1.165) is 17.8 Å². The van der Waals surface area contributed by atoms with Gasteiger partial charge in [-0.25, -0.2) is 8.42 Å². The lowest BCUT2D eigenvalue weighted by Gasteiger charge is -2.16. The molecule has 1 atom stereocenters. The Labute approximate surface area is 151 Å². The SMILES string of the molecule is Cl.N[C@@H]1CCN(C(=O)c2cccc(NS(=O)(=O)c3cccs3)c2)C1. The molecule has 0 spiro atoms. The highest BCUT2D eigenvalue weighted by molar-refractivity contribution is 7.94. The maximum Gasteiger partial charge on any atom is 0.271 e. The van der Waals surface area contributed by atoms with Crippen LogP contribution in [0, 0.1) is 0 Å². The summed E-state index contributed by atoms with van der Waals surface area (Å²) in [5.41, 5.74) is 6.64. The van der Waals surface area contributed by atoms with Crippen LogP contribution in [0.1, 0.15) is 16.8 Å². The van der Waals surface area contributed by atoms with Gasteiger partial charge < -0.3 is 10.6 Å². The number of hydrogen-bond acceptors (Lipinski definition) is 5. The van der Waals surface area contributed by atoms with Crippen LogP contribution in [0.5, 0.6) is 0 Å². The smallest absolute Gasteiger partial charge is 0.271 e. The summed E-state index contributed by atoms with van der Waals surface area (Å²) >= 11 is 1.14. The van der Waals surface area contributed by atoms with E-state index in [-0.39, 0.29) is 28.6 Å². The van der Waals surface area contributed by atoms with Gasteiger partial charge in [0.25, 0.3) is 15.9 Å². The van der Waals surface area contributed by atoms with Crippen molar-refractivity contribution in [3.8, 4) is 0 Å². The third kappa shape index (κ3) is 4.07. The Bertz CT molecular complexity index is 809. The average molecular weight is 388 g/mol. The second kappa shape index (κ2) is 7.52. The van der Waals surface area contributed by atoms with E-state index >= 15 is 0 Å². The Balaban J connectivity index is 0.00000208. The van der Waals surface area contributed by atoms with E-state index in [2.05, 4.69) is 4.72 Å². The molecule has 1 amide bonds. The summed E-state index contributed by atoms with van der Waals surface area (Å²) < 4.78 is 27.2. The number of sulfonamides is 1. The molecule has 1 aromatic heterocycles. The molecule has 2 heterocycles. The minimum absolute atomic E-state index is 0. The first kappa shape index (κ1) is 18.7. The van der Waals surface area contributed by atoms with Crippen LogP contribution < -0.4 is 10.5 Å². The third-order valence-corrected chi connectivity index (χ3v) is 6.41. The van der Waals surface area contributed by atoms with E-state index in [9.17, 15) is 13.2 Å². The molecule has 0 bridgehead atoms. The first-order valence-electron chi connectivity index (χ1n) is 7.17. The fourth-order valence-electron chi connectivity index (χ4n) is 2.49. The van der Waals surface area contributed by atoms with Gasteiger partial charge in [-0.2, -0.15) is 0 Å². The van der Waals surface area contributed by atoms with Gasteiger partial charge in [-0.15, -0.1) is 23.7 Å². The van der Waals surface area contributed by atoms with E-state index < -0.39 is 10.0 Å². The molecular weight excluding hydrogens is 370 g/mol. The van der Waals surface area contributed by atoms with Crippen molar-refractivity contribution in [3.63, 3.8) is 0 Å². The average Bonchev–Trinajstić information content (AvgIpc) is 3.18. The van der Waals surface area contributed by atoms with Gasteiger partial charge in [0.1, 0.15) is 4.21 Å². The van der Waals surface area contributed by atoms with Crippen molar-refractivity contribution in [2.24, 2.45) is 5.73 Å². The second-order valence-corrected chi connectivity index (χ2v) is 8.28. The molecule has 1 aliphatic heterocycles. The number of thiophene rings is 1. The van der Waals surface area contributed by atoms with Gasteiger partial charge in [-0.1, -0.05) is 12.1 Å². The number of carbonyl (C=O) groups is 1. The zero-order valence-corrected chi connectivity index (χ0v) is 15.2. The van der Waals surface area contributed by atoms with Crippen molar-refractivity contribution < 1.29 is 13.2 Å². The van der Waals surface area contributed by atoms with E-state index in [4.69, 9.17) is 5.73 Å². The lowest BCUT2D eigenvalue weighted by Crippen LogP contribution is -2.31. The van der Waals surface area contributed by atoms with Gasteiger partial charge in [0, 0.05) is 30.4 Å². The summed E-state index contributed by atoms with van der Waals surface area (Å²) in [7, 11) is -3.62. The van der Waals surface area contributed by atoms with Gasteiger partial charge in [-0.3, -0.25) is 9.52 Å². The number of nitrogens with two attached hydrogens (primary N) is 1. The van der Waals surface area contributed by atoms with Gasteiger partial charge in [0.2, 0.25) is 0 Å². The molecular formula is C15H18ClN3O3S2. The number of likely N-dealkylation sites (tertiary alicyclic amines) is 1. The molecule has 6 nitrogen and oxygen atoms in total. The summed E-state index contributed by atoms with van der Waals surface area (Å²) in [5, 5.41) is 1.70. The van der Waals surface area contributed by atoms with Crippen LogP contribution in [0.3, 0.4) is 0 Å². The molecule has 3 rings (SSSR count). The topological polar surface area (TPSA) is 92.5 Å². The number of nitrogens with one attached hydrogen (secondary N) is 1. The van der Waals surface area contributed by atoms with Crippen LogP contribution in [0.25, 0.3) is 0 Å². The molecule has 1 aliphatic rings. The molecule has 9 heteroatoms. The summed E-state index contributed by atoms with van der Waals surface area (Å²) in [6.07, 6.45) is 0.788. The van der Waals surface area contributed by atoms with Gasteiger partial charge >= 0.3 is 0 Å². The highest BCUT2D eigenvalue weighted by Crippen LogP contribution is 2.21. The van der Waals surface area contributed by atoms with E-state index in [1.165, 1.54) is 6.07 Å². The van der Waals surface area contributed by atoms with Gasteiger partial charge in [0.15, 0.2) is 0 Å². The highest BCUT2D eigenvalue weighted by Gasteiger charge is 2.25. The van der Waals surface area contributed by atoms with E-state index in [1.807, 2.05) is 0 Å². The molecule has 1 fully saturated rings. The Morgan fingerprint density at radius 1 is 1.29 bits per heavy atom. The number of amides is 1. The molecule has 3 N–H and O–H groups in total. The number of carbonyl (C=O) groups excluding carboxylic acids is 1. The number of hydrogen-bond donors (Lipinski definition) is 2. The van der Waals surface area contributed by atoms with Crippen LogP contribution in [0.2, 0.25) is 0 Å². The number of benzene rings is 1. The largest absolute Gasteiger partial charge is 0.337 e. The fraction of sp³-hybridized carbons (Fsp3) is 0.267. The summed E-state index contributed by atoms with van der Waals surface area (Å²) in [6, 6.07) is 9.74. The monoisotopic (exact) mass is 387 g/mol. The normalized spacial score (nSPS) is 17.4. The predicted molar refractivity (Wildman–Crippen MR) is 97.3 cm³/mol. The van der Waals surface area contributed by atoms with Gasteiger partial charge in [0.05, 0.1) is 0 Å². The minimum atomic E-state index is -3.62. The standard InChI is InChI=1S/C15H17N3O3S2.ClH/c16-12-6-7-18(10-12)15(19)11-3-1-4-13(9-11)17-23(20,21)14-5-2-8-22-14;/h1-5,8-9,12,17H,6-7,10,16H2;1H/t12-;/m1./s1. The zero-order valence-electron chi connectivity index (χ0n) is 12.7. The Morgan fingerprint density at radius 2 is 2.08 bits per heavy atom. The lowest BCUT2D eigenvalue weighted by atomic mass is 10.2. The summed E-state index contributed by atoms with van der Waals surface area (Å²) in [4.78, 5) is 14.1. The number of halogens is 1. The first-order chi connectivity index (χ1) is 11.0. The summed E-state index contributed by atoms with van der Waals surface area (Å²) in [6.45, 7) is 1.16. The van der Waals surface area contributed by atoms with Crippen molar-refractivity contribution in [2.45, 2.75) is 16.7 Å². The van der Waals surface area contributed by atoms with E-state index in [1.54, 1.807) is 40.6 Å². The molecule has 0 radical (unpaired) electrons. The lowest BCUT2D eigenvalue weighted by molar-refractivity contribution is 0.0791. The Hall–Kier alpha value is -1.61. The van der Waals surface area contributed by atoms with Gasteiger partial charge in [-0.05, 0) is 36.1 Å². The Morgan fingerprint density at radius 3 is 2.71 bits per heavy atom. The van der Waals surface area contributed by atoms with Crippen molar-refractivity contribution >= 4 is 45.4 Å². The molecule has 24 heavy (non-hydrogen) atoms. The van der Waals surface area contributed by atoms with Crippen LogP contribution in [0.4, 0.5) is 5.69 Å². The van der Waals surface area contributed by atoms with Crippen LogP contribution in [-0.4, -0.2) is 38.4 Å². The minimum Gasteiger partial charge on any atom is -0.337 e. The van der Waals surface area contributed by atoms with Crippen molar-refractivity contribution in [2.75, 3.05) is 17.8 Å². The fourth-order valence-corrected chi connectivity index (χ4v) is 4.53. The molecule has 0 unspecified atom stereocenters. The number of anilines is 1. The molecule has 0 saturated carbocycles. The molecule has 0 aliphatic carbocycles. The third-order valence-electron chi connectivity index (χ3n) is 3.63. The molecule has 1 saturated heterocycles. The van der Waals surface area contributed by atoms with Crippen molar-refractivity contribution in [1.82, 2.24) is 4.90 Å². The maximum atomic E-state index is 12.4. The predicted octanol–water partition coefficient (Wildman–Crippen LogP) is 2.14. The quantitative estimate of drug-likeness (QED) is 0.840. The summed E-state index contributed by atoms with van der Waals surface area (Å²) in [5.74, 6) is -0.130. The van der Waals surface area contributed by atoms with Crippen LogP contribution in [-0.2, 0) is 10.0 Å². The zero-order chi connectivity index (χ0) is 16.4. The second-order valence-electron chi connectivity index (χ2n) is 5.42. The first-order valence-corrected chi connectivity index (χ1v) is 9.53. The van der Waals surface area contributed by atoms with E-state index in [0.29, 0.717) is 24.3 Å². The maximum absolute atomic E-state index is 12.4. The van der Waals surface area contributed by atoms with Crippen molar-refractivity contribution in [1.29, 1.82) is 0 Å². The Kier molecular flexibility index (Phi) is 5.87. The number of rotatable bonds is 4.